The molecule has 6 heteroatoms. The Morgan fingerprint density at radius 1 is 1.14 bits per heavy atom. The van der Waals surface area contributed by atoms with Gasteiger partial charge in [-0.3, -0.25) is 4.99 Å². The van der Waals surface area contributed by atoms with Crippen molar-refractivity contribution in [2.75, 3.05) is 5.32 Å². The van der Waals surface area contributed by atoms with Crippen LogP contribution >= 0.6 is 15.9 Å². The van der Waals surface area contributed by atoms with Crippen molar-refractivity contribution in [3.63, 3.8) is 0 Å². The van der Waals surface area contributed by atoms with Gasteiger partial charge >= 0.3 is 0 Å². The van der Waals surface area contributed by atoms with Gasteiger partial charge in [0.2, 0.25) is 0 Å². The normalized spacial score (nSPS) is 12.6. The molecule has 0 fully saturated rings. The number of rotatable bonds is 2. The summed E-state index contributed by atoms with van der Waals surface area (Å²) in [6, 6.07) is 9.03. The van der Waals surface area contributed by atoms with E-state index in [4.69, 9.17) is 0 Å². The van der Waals surface area contributed by atoms with Crippen molar-refractivity contribution in [2.24, 2.45) is 4.99 Å². The molecular weight excluding hydrogens is 347 g/mol. The highest BCUT2D eigenvalue weighted by molar-refractivity contribution is 9.10. The van der Waals surface area contributed by atoms with E-state index >= 15 is 0 Å². The molecule has 0 aliphatic carbocycles. The highest BCUT2D eigenvalue weighted by atomic mass is 79.9. The molecule has 2 aromatic carbocycles. The van der Waals surface area contributed by atoms with Crippen LogP contribution in [0.1, 0.15) is 5.56 Å². The number of aliphatic imine (C=N–C) groups is 1. The summed E-state index contributed by atoms with van der Waals surface area (Å²) in [5.41, 5.74) is 3.53. The number of anilines is 2. The van der Waals surface area contributed by atoms with E-state index in [2.05, 4.69) is 36.2 Å². The summed E-state index contributed by atoms with van der Waals surface area (Å²) >= 11 is 3.27. The van der Waals surface area contributed by atoms with Gasteiger partial charge in [0.15, 0.2) is 0 Å². The Morgan fingerprint density at radius 3 is 2.95 bits per heavy atom. The summed E-state index contributed by atoms with van der Waals surface area (Å²) in [5, 5.41) is 3.55. The lowest BCUT2D eigenvalue weighted by Gasteiger charge is -2.10. The van der Waals surface area contributed by atoms with Gasteiger partial charge in [-0.05, 0) is 35.9 Å². The van der Waals surface area contributed by atoms with Crippen molar-refractivity contribution < 1.29 is 4.39 Å². The molecular formula is C16H10BrFN4. The van der Waals surface area contributed by atoms with Crippen LogP contribution in [0.3, 0.4) is 0 Å². The number of halogens is 2. The summed E-state index contributed by atoms with van der Waals surface area (Å²) in [6.07, 6.45) is 4.12. The first-order valence-electron chi connectivity index (χ1n) is 6.73. The smallest absolute Gasteiger partial charge is 0.144 e. The second-order valence-corrected chi connectivity index (χ2v) is 5.90. The van der Waals surface area contributed by atoms with Crippen LogP contribution in [0.5, 0.6) is 0 Å². The van der Waals surface area contributed by atoms with Crippen LogP contribution < -0.4 is 5.32 Å². The van der Waals surface area contributed by atoms with E-state index in [9.17, 15) is 4.39 Å². The zero-order chi connectivity index (χ0) is 15.1. The summed E-state index contributed by atoms with van der Waals surface area (Å²) < 4.78 is 14.9. The van der Waals surface area contributed by atoms with Gasteiger partial charge < -0.3 is 5.32 Å². The number of aromatic nitrogens is 2. The number of hydrogen-bond donors (Lipinski definition) is 1. The third-order valence-electron chi connectivity index (χ3n) is 3.54. The summed E-state index contributed by atoms with van der Waals surface area (Å²) in [5.74, 6) is 0.0887. The van der Waals surface area contributed by atoms with E-state index in [1.165, 1.54) is 12.4 Å². The second kappa shape index (κ2) is 5.14. The van der Waals surface area contributed by atoms with Crippen molar-refractivity contribution in [1.29, 1.82) is 0 Å². The first-order chi connectivity index (χ1) is 10.7. The maximum Gasteiger partial charge on any atom is 0.144 e. The molecule has 0 radical (unpaired) electrons. The van der Waals surface area contributed by atoms with E-state index < -0.39 is 0 Å². The summed E-state index contributed by atoms with van der Waals surface area (Å²) in [6.45, 7) is 0. The first-order valence-corrected chi connectivity index (χ1v) is 7.52. The molecule has 22 heavy (non-hydrogen) atoms. The van der Waals surface area contributed by atoms with Gasteiger partial charge in [0.25, 0.3) is 0 Å². The van der Waals surface area contributed by atoms with Crippen molar-refractivity contribution >= 4 is 50.2 Å². The van der Waals surface area contributed by atoms with Gasteiger partial charge in [-0.1, -0.05) is 15.9 Å². The molecule has 108 valence electrons. The number of nitrogens with zero attached hydrogens (tertiary/aromatic N) is 3. The predicted molar refractivity (Wildman–Crippen MR) is 88.8 cm³/mol. The Labute approximate surface area is 134 Å². The summed E-state index contributed by atoms with van der Waals surface area (Å²) in [4.78, 5) is 12.6. The van der Waals surface area contributed by atoms with Crippen molar-refractivity contribution in [1.82, 2.24) is 9.97 Å². The number of hydrogen-bond acceptors (Lipinski definition) is 4. The molecule has 1 aliphatic rings. The molecule has 0 unspecified atom stereocenters. The van der Waals surface area contributed by atoms with Gasteiger partial charge in [-0.25, -0.2) is 14.4 Å². The van der Waals surface area contributed by atoms with Crippen LogP contribution in [-0.4, -0.2) is 16.2 Å². The minimum atomic E-state index is -0.364. The maximum atomic E-state index is 14.3. The Hall–Kier alpha value is -2.34. The number of benzene rings is 2. The van der Waals surface area contributed by atoms with Gasteiger partial charge in [0.05, 0.1) is 16.6 Å². The van der Waals surface area contributed by atoms with Gasteiger partial charge in [-0.2, -0.15) is 0 Å². The zero-order valence-corrected chi connectivity index (χ0v) is 12.9. The molecule has 1 N–H and O–H groups in total. The molecule has 0 spiro atoms. The van der Waals surface area contributed by atoms with Crippen LogP contribution in [0.4, 0.5) is 21.6 Å². The summed E-state index contributed by atoms with van der Waals surface area (Å²) in [7, 11) is 0. The quantitative estimate of drug-likeness (QED) is 0.733. The fourth-order valence-electron chi connectivity index (χ4n) is 2.54. The lowest BCUT2D eigenvalue weighted by atomic mass is 10.1. The fraction of sp³-hybridized carbons (Fsp3) is 0.0625. The largest absolute Gasteiger partial charge is 0.340 e. The monoisotopic (exact) mass is 356 g/mol. The van der Waals surface area contributed by atoms with E-state index in [0.29, 0.717) is 21.2 Å². The Balaban J connectivity index is 1.79. The third-order valence-corrected chi connectivity index (χ3v) is 4.00. The highest BCUT2D eigenvalue weighted by Gasteiger charge is 2.12. The van der Waals surface area contributed by atoms with Crippen molar-refractivity contribution in [3.8, 4) is 0 Å². The van der Waals surface area contributed by atoms with Gasteiger partial charge in [0, 0.05) is 22.8 Å². The molecule has 0 saturated heterocycles. The van der Waals surface area contributed by atoms with Crippen LogP contribution in [-0.2, 0) is 6.42 Å². The highest BCUT2D eigenvalue weighted by Crippen LogP contribution is 2.31. The Morgan fingerprint density at radius 2 is 2.05 bits per heavy atom. The van der Waals surface area contributed by atoms with E-state index in [1.807, 2.05) is 24.4 Å². The van der Waals surface area contributed by atoms with E-state index in [0.717, 1.165) is 23.4 Å². The SMILES string of the molecule is Fc1cc(Br)cc2ncnc(Nc3ccc4c(c3)CC=N4)c12. The Kier molecular flexibility index (Phi) is 3.11. The zero-order valence-electron chi connectivity index (χ0n) is 11.3. The lowest BCUT2D eigenvalue weighted by Crippen LogP contribution is -1.98. The molecule has 4 rings (SSSR count). The molecule has 0 amide bonds. The predicted octanol–water partition coefficient (Wildman–Crippen LogP) is 4.53. The second-order valence-electron chi connectivity index (χ2n) is 4.99. The minimum Gasteiger partial charge on any atom is -0.340 e. The molecule has 2 heterocycles. The maximum absolute atomic E-state index is 14.3. The lowest BCUT2D eigenvalue weighted by molar-refractivity contribution is 0.638. The first kappa shape index (κ1) is 13.3. The molecule has 4 nitrogen and oxygen atoms in total. The average molecular weight is 357 g/mol. The van der Waals surface area contributed by atoms with Gasteiger partial charge in [-0.15, -0.1) is 0 Å². The number of fused-ring (bicyclic) bond motifs is 2. The van der Waals surface area contributed by atoms with Crippen molar-refractivity contribution in [3.05, 3.63) is 52.5 Å². The van der Waals surface area contributed by atoms with Crippen LogP contribution in [0.2, 0.25) is 0 Å². The standard InChI is InChI=1S/C16H10BrFN4/c17-10-6-12(18)15-14(7-10)20-8-21-16(15)22-11-1-2-13-9(5-11)3-4-19-13/h1-2,4-8H,3H2,(H,20,21,22). The minimum absolute atomic E-state index is 0.364. The van der Waals surface area contributed by atoms with Crippen LogP contribution in [0, 0.1) is 5.82 Å². The molecule has 1 aliphatic heterocycles. The molecule has 0 bridgehead atoms. The topological polar surface area (TPSA) is 50.2 Å². The number of nitrogens with one attached hydrogen (secondary N) is 1. The van der Waals surface area contributed by atoms with Crippen LogP contribution in [0.25, 0.3) is 10.9 Å². The van der Waals surface area contributed by atoms with Gasteiger partial charge in [0.1, 0.15) is 18.0 Å². The Bertz CT molecular complexity index is 923. The molecule has 3 aromatic rings. The molecule has 0 saturated carbocycles. The fourth-order valence-corrected chi connectivity index (χ4v) is 2.95. The van der Waals surface area contributed by atoms with Crippen molar-refractivity contribution in [2.45, 2.75) is 6.42 Å². The van der Waals surface area contributed by atoms with E-state index in [1.54, 1.807) is 6.07 Å². The average Bonchev–Trinajstić information content (AvgIpc) is 2.94. The third kappa shape index (κ3) is 2.25. The molecule has 1 aromatic heterocycles. The van der Waals surface area contributed by atoms with Crippen LogP contribution in [0.15, 0.2) is 46.1 Å². The molecule has 0 atom stereocenters. The van der Waals surface area contributed by atoms with E-state index in [-0.39, 0.29) is 5.82 Å².